The van der Waals surface area contributed by atoms with Gasteiger partial charge in [-0.1, -0.05) is 30.6 Å². The molecule has 32 heavy (non-hydrogen) atoms. The molecule has 1 fully saturated rings. The lowest BCUT2D eigenvalue weighted by atomic mass is 9.96. The van der Waals surface area contributed by atoms with Crippen molar-refractivity contribution >= 4 is 38.5 Å². The fourth-order valence-corrected chi connectivity index (χ4v) is 4.66. The van der Waals surface area contributed by atoms with Crippen LogP contribution in [-0.2, 0) is 4.79 Å². The minimum absolute atomic E-state index is 0.137. The molecule has 3 N–H and O–H groups in total. The minimum Gasteiger partial charge on any atom is -0.457 e. The zero-order chi connectivity index (χ0) is 22.3. The highest BCUT2D eigenvalue weighted by Crippen LogP contribution is 2.32. The SMILES string of the molecule is CC(=O)NCCNC(=O)c1cc(Oc2ccc3nc(NC4CCCCC4)sc3c2)ccn1. The summed E-state index contributed by atoms with van der Waals surface area (Å²) in [5, 5.41) is 9.88. The molecule has 0 atom stereocenters. The van der Waals surface area contributed by atoms with Crippen LogP contribution in [-0.4, -0.2) is 40.9 Å². The summed E-state index contributed by atoms with van der Waals surface area (Å²) in [7, 11) is 0. The number of hydrogen-bond acceptors (Lipinski definition) is 7. The first-order chi connectivity index (χ1) is 15.6. The average molecular weight is 454 g/mol. The molecule has 3 aromatic rings. The number of amides is 2. The summed E-state index contributed by atoms with van der Waals surface area (Å²) in [6.45, 7) is 2.12. The number of anilines is 1. The van der Waals surface area contributed by atoms with Gasteiger partial charge in [0, 0.05) is 44.4 Å². The van der Waals surface area contributed by atoms with Crippen LogP contribution < -0.4 is 20.7 Å². The molecule has 2 aromatic heterocycles. The Morgan fingerprint density at radius 1 is 1.06 bits per heavy atom. The van der Waals surface area contributed by atoms with Crippen LogP contribution in [0.5, 0.6) is 11.5 Å². The summed E-state index contributed by atoms with van der Waals surface area (Å²) < 4.78 is 7.02. The Kier molecular flexibility index (Phi) is 7.16. The van der Waals surface area contributed by atoms with E-state index in [1.54, 1.807) is 23.5 Å². The van der Waals surface area contributed by atoms with Crippen molar-refractivity contribution in [1.82, 2.24) is 20.6 Å². The predicted octanol–water partition coefficient (Wildman–Crippen LogP) is 4.09. The normalized spacial score (nSPS) is 14.2. The predicted molar refractivity (Wildman–Crippen MR) is 125 cm³/mol. The average Bonchev–Trinajstić information content (AvgIpc) is 3.19. The number of benzene rings is 1. The number of aromatic nitrogens is 2. The highest BCUT2D eigenvalue weighted by atomic mass is 32.1. The van der Waals surface area contributed by atoms with Gasteiger partial charge < -0.3 is 20.7 Å². The molecule has 9 heteroatoms. The number of ether oxygens (including phenoxy) is 1. The summed E-state index contributed by atoms with van der Waals surface area (Å²) in [6, 6.07) is 9.61. The van der Waals surface area contributed by atoms with Crippen molar-refractivity contribution in [2.75, 3.05) is 18.4 Å². The quantitative estimate of drug-likeness (QED) is 0.444. The van der Waals surface area contributed by atoms with E-state index in [0.717, 1.165) is 15.3 Å². The van der Waals surface area contributed by atoms with Crippen LogP contribution in [0.15, 0.2) is 36.5 Å². The van der Waals surface area contributed by atoms with E-state index in [1.807, 2.05) is 18.2 Å². The van der Waals surface area contributed by atoms with Gasteiger partial charge in [0.05, 0.1) is 10.2 Å². The van der Waals surface area contributed by atoms with Crippen LogP contribution in [0.1, 0.15) is 49.5 Å². The third-order valence-electron chi connectivity index (χ3n) is 5.28. The largest absolute Gasteiger partial charge is 0.457 e. The van der Waals surface area contributed by atoms with Crippen LogP contribution in [0.4, 0.5) is 5.13 Å². The van der Waals surface area contributed by atoms with Gasteiger partial charge in [-0.05, 0) is 31.0 Å². The van der Waals surface area contributed by atoms with Gasteiger partial charge >= 0.3 is 0 Å². The molecule has 2 heterocycles. The Balaban J connectivity index is 1.38. The first kappa shape index (κ1) is 22.0. The van der Waals surface area contributed by atoms with Crippen molar-refractivity contribution in [2.24, 2.45) is 0 Å². The van der Waals surface area contributed by atoms with Crippen LogP contribution in [0.3, 0.4) is 0 Å². The molecule has 1 aromatic carbocycles. The topological polar surface area (TPSA) is 105 Å². The van der Waals surface area contributed by atoms with E-state index in [0.29, 0.717) is 30.6 Å². The third kappa shape index (κ3) is 5.94. The van der Waals surface area contributed by atoms with E-state index in [2.05, 4.69) is 20.9 Å². The van der Waals surface area contributed by atoms with E-state index in [4.69, 9.17) is 9.72 Å². The Bertz CT molecular complexity index is 1090. The van der Waals surface area contributed by atoms with E-state index in [-0.39, 0.29) is 17.5 Å². The Morgan fingerprint density at radius 3 is 2.66 bits per heavy atom. The molecule has 0 aliphatic heterocycles. The Labute approximate surface area is 190 Å². The lowest BCUT2D eigenvalue weighted by molar-refractivity contribution is -0.118. The number of thiazole rings is 1. The van der Waals surface area contributed by atoms with Crippen LogP contribution in [0.25, 0.3) is 10.2 Å². The molecule has 0 spiro atoms. The molecule has 4 rings (SSSR count). The molecule has 0 unspecified atom stereocenters. The monoisotopic (exact) mass is 453 g/mol. The first-order valence-electron chi connectivity index (χ1n) is 10.9. The molecule has 1 aliphatic rings. The molecule has 1 aliphatic carbocycles. The van der Waals surface area contributed by atoms with Crippen molar-refractivity contribution < 1.29 is 14.3 Å². The van der Waals surface area contributed by atoms with Gasteiger partial charge in [-0.3, -0.25) is 14.6 Å². The molecule has 0 radical (unpaired) electrons. The van der Waals surface area contributed by atoms with Crippen molar-refractivity contribution in [1.29, 1.82) is 0 Å². The highest BCUT2D eigenvalue weighted by Gasteiger charge is 2.15. The van der Waals surface area contributed by atoms with Crippen LogP contribution in [0, 0.1) is 0 Å². The number of carbonyl (C=O) groups is 2. The molecule has 168 valence electrons. The second-order valence-electron chi connectivity index (χ2n) is 7.85. The molecule has 1 saturated carbocycles. The lowest BCUT2D eigenvalue weighted by Gasteiger charge is -2.22. The molecule has 2 amide bonds. The zero-order valence-electron chi connectivity index (χ0n) is 18.0. The van der Waals surface area contributed by atoms with Crippen LogP contribution in [0.2, 0.25) is 0 Å². The summed E-state index contributed by atoms with van der Waals surface area (Å²) in [5.74, 6) is 0.740. The van der Waals surface area contributed by atoms with Gasteiger partial charge in [-0.2, -0.15) is 0 Å². The maximum atomic E-state index is 12.3. The van der Waals surface area contributed by atoms with Crippen molar-refractivity contribution in [3.8, 4) is 11.5 Å². The van der Waals surface area contributed by atoms with E-state index < -0.39 is 0 Å². The second-order valence-corrected chi connectivity index (χ2v) is 8.88. The standard InChI is InChI=1S/C23H27N5O3S/c1-15(29)24-11-12-26-22(30)20-13-18(9-10-25-20)31-17-7-8-19-21(14-17)32-23(28-19)27-16-5-3-2-4-6-16/h7-10,13-14,16H,2-6,11-12H2,1H3,(H,24,29)(H,26,30)(H,27,28). The number of nitrogens with one attached hydrogen (secondary N) is 3. The molecule has 0 saturated heterocycles. The highest BCUT2D eigenvalue weighted by molar-refractivity contribution is 7.22. The number of carbonyl (C=O) groups excluding carboxylic acids is 2. The van der Waals surface area contributed by atoms with Crippen molar-refractivity contribution in [3.63, 3.8) is 0 Å². The third-order valence-corrected chi connectivity index (χ3v) is 6.23. The number of pyridine rings is 1. The molecular weight excluding hydrogens is 426 g/mol. The van der Waals surface area contributed by atoms with Crippen molar-refractivity contribution in [2.45, 2.75) is 45.1 Å². The molecule has 8 nitrogen and oxygen atoms in total. The fraction of sp³-hybridized carbons (Fsp3) is 0.391. The van der Waals surface area contributed by atoms with Crippen LogP contribution >= 0.6 is 11.3 Å². The summed E-state index contributed by atoms with van der Waals surface area (Å²) in [4.78, 5) is 32.0. The van der Waals surface area contributed by atoms with Crippen molar-refractivity contribution in [3.05, 3.63) is 42.2 Å². The second kappa shape index (κ2) is 10.4. The molecular formula is C23H27N5O3S. The number of rotatable bonds is 8. The number of hydrogen-bond donors (Lipinski definition) is 3. The summed E-state index contributed by atoms with van der Waals surface area (Å²) in [5.41, 5.74) is 1.19. The summed E-state index contributed by atoms with van der Waals surface area (Å²) >= 11 is 1.63. The van der Waals surface area contributed by atoms with Gasteiger partial charge in [-0.15, -0.1) is 0 Å². The van der Waals surface area contributed by atoms with Gasteiger partial charge in [0.2, 0.25) is 5.91 Å². The van der Waals surface area contributed by atoms with Gasteiger partial charge in [0.1, 0.15) is 17.2 Å². The van der Waals surface area contributed by atoms with E-state index >= 15 is 0 Å². The Morgan fingerprint density at radius 2 is 1.84 bits per heavy atom. The van der Waals surface area contributed by atoms with E-state index in [9.17, 15) is 9.59 Å². The number of nitrogens with zero attached hydrogens (tertiary/aromatic N) is 2. The zero-order valence-corrected chi connectivity index (χ0v) is 18.8. The maximum absolute atomic E-state index is 12.3. The Hall–Kier alpha value is -3.20. The van der Waals surface area contributed by atoms with E-state index in [1.165, 1.54) is 45.2 Å². The smallest absolute Gasteiger partial charge is 0.270 e. The van der Waals surface area contributed by atoms with Gasteiger partial charge in [-0.25, -0.2) is 4.98 Å². The van der Waals surface area contributed by atoms with Gasteiger partial charge in [0.15, 0.2) is 5.13 Å². The first-order valence-corrected chi connectivity index (χ1v) is 11.7. The summed E-state index contributed by atoms with van der Waals surface area (Å²) in [6.07, 6.45) is 7.83. The fourth-order valence-electron chi connectivity index (χ4n) is 3.69. The number of fused-ring (bicyclic) bond motifs is 1. The van der Waals surface area contributed by atoms with Gasteiger partial charge in [0.25, 0.3) is 5.91 Å². The molecule has 0 bridgehead atoms. The maximum Gasteiger partial charge on any atom is 0.270 e. The minimum atomic E-state index is -0.322. The lowest BCUT2D eigenvalue weighted by Crippen LogP contribution is -2.33.